The van der Waals surface area contributed by atoms with E-state index in [1.165, 1.54) is 6.07 Å². The van der Waals surface area contributed by atoms with Crippen LogP contribution in [-0.4, -0.2) is 25.1 Å². The van der Waals surface area contributed by atoms with Crippen LogP contribution in [0.2, 0.25) is 0 Å². The smallest absolute Gasteiger partial charge is 0.295 e. The van der Waals surface area contributed by atoms with Gasteiger partial charge in [-0.3, -0.25) is 10.1 Å². The largest absolute Gasteiger partial charge is 0.383 e. The summed E-state index contributed by atoms with van der Waals surface area (Å²) in [6.45, 7) is 3.76. The minimum atomic E-state index is -0.572. The Morgan fingerprint density at radius 1 is 1.42 bits per heavy atom. The van der Waals surface area contributed by atoms with E-state index in [1.54, 1.807) is 7.05 Å². The number of nitro groups is 1. The minimum absolute atomic E-state index is 0.228. The first-order valence-electron chi connectivity index (χ1n) is 6.43. The summed E-state index contributed by atoms with van der Waals surface area (Å²) in [6, 6.07) is 2.53. The monoisotopic (exact) mass is 267 g/mol. The third-order valence-electron chi connectivity index (χ3n) is 3.66. The van der Waals surface area contributed by atoms with Crippen LogP contribution in [0.4, 0.5) is 21.5 Å². The normalized spacial score (nSPS) is 16.5. The summed E-state index contributed by atoms with van der Waals surface area (Å²) >= 11 is 0. The van der Waals surface area contributed by atoms with Gasteiger partial charge in [-0.25, -0.2) is 4.39 Å². The molecular formula is C13H18FN3O2. The molecule has 0 aromatic heterocycles. The Balaban J connectivity index is 2.33. The van der Waals surface area contributed by atoms with Crippen LogP contribution in [0.25, 0.3) is 0 Å². The summed E-state index contributed by atoms with van der Waals surface area (Å²) in [6.07, 6.45) is 2.04. The highest BCUT2D eigenvalue weighted by Crippen LogP contribution is 2.33. The molecule has 1 heterocycles. The summed E-state index contributed by atoms with van der Waals surface area (Å²) < 4.78 is 14.0. The summed E-state index contributed by atoms with van der Waals surface area (Å²) in [5.74, 6) is 0.126. The first-order chi connectivity index (χ1) is 9.02. The number of benzene rings is 1. The van der Waals surface area contributed by atoms with Crippen molar-refractivity contribution in [2.24, 2.45) is 5.92 Å². The summed E-state index contributed by atoms with van der Waals surface area (Å²) in [4.78, 5) is 12.2. The first-order valence-corrected chi connectivity index (χ1v) is 6.43. The van der Waals surface area contributed by atoms with Gasteiger partial charge in [0.25, 0.3) is 5.69 Å². The number of nitrogens with one attached hydrogen (secondary N) is 1. The summed E-state index contributed by atoms with van der Waals surface area (Å²) in [5.41, 5.74) is 0.566. The van der Waals surface area contributed by atoms with Gasteiger partial charge in [-0.05, 0) is 24.8 Å². The number of nitrogens with zero attached hydrogens (tertiary/aromatic N) is 2. The van der Waals surface area contributed by atoms with E-state index in [9.17, 15) is 14.5 Å². The average molecular weight is 267 g/mol. The fourth-order valence-corrected chi connectivity index (χ4v) is 2.39. The molecule has 2 rings (SSSR count). The van der Waals surface area contributed by atoms with Crippen LogP contribution in [0.5, 0.6) is 0 Å². The number of halogens is 1. The Bertz CT molecular complexity index is 485. The standard InChI is InChI=1S/C13H18FN3O2/c1-9-3-5-16(6-4-9)12-8-11(15-2)13(17(18)19)7-10(12)14/h7-9,15H,3-6H2,1-2H3. The van der Waals surface area contributed by atoms with Crippen molar-refractivity contribution in [3.8, 4) is 0 Å². The third-order valence-corrected chi connectivity index (χ3v) is 3.66. The fraction of sp³-hybridized carbons (Fsp3) is 0.538. The Morgan fingerprint density at radius 2 is 2.05 bits per heavy atom. The minimum Gasteiger partial charge on any atom is -0.383 e. The van der Waals surface area contributed by atoms with Crippen molar-refractivity contribution in [2.75, 3.05) is 30.4 Å². The van der Waals surface area contributed by atoms with Crippen LogP contribution >= 0.6 is 0 Å². The lowest BCUT2D eigenvalue weighted by molar-refractivity contribution is -0.384. The maximum atomic E-state index is 14.0. The number of piperidine rings is 1. The lowest BCUT2D eigenvalue weighted by atomic mass is 9.98. The molecule has 6 heteroatoms. The molecule has 5 nitrogen and oxygen atoms in total. The molecule has 104 valence electrons. The highest BCUT2D eigenvalue weighted by atomic mass is 19.1. The SMILES string of the molecule is CNc1cc(N2CCC(C)CC2)c(F)cc1[N+](=O)[O-]. The molecular weight excluding hydrogens is 249 g/mol. The number of hydrogen-bond donors (Lipinski definition) is 1. The van der Waals surface area contributed by atoms with Gasteiger partial charge in [0.2, 0.25) is 0 Å². The maximum absolute atomic E-state index is 14.0. The molecule has 1 N–H and O–H groups in total. The van der Waals surface area contributed by atoms with E-state index in [4.69, 9.17) is 0 Å². The van der Waals surface area contributed by atoms with Crippen LogP contribution < -0.4 is 10.2 Å². The van der Waals surface area contributed by atoms with Crippen molar-refractivity contribution in [1.82, 2.24) is 0 Å². The van der Waals surface area contributed by atoms with Crippen molar-refractivity contribution < 1.29 is 9.31 Å². The molecule has 0 amide bonds. The van der Waals surface area contributed by atoms with E-state index in [0.717, 1.165) is 32.0 Å². The second kappa shape index (κ2) is 5.42. The molecule has 1 aliphatic rings. The van der Waals surface area contributed by atoms with Crippen LogP contribution in [0, 0.1) is 21.8 Å². The predicted octanol–water partition coefficient (Wildman–Crippen LogP) is 3.01. The summed E-state index contributed by atoms with van der Waals surface area (Å²) in [5, 5.41) is 13.6. The highest BCUT2D eigenvalue weighted by Gasteiger charge is 2.23. The van der Waals surface area contributed by atoms with Crippen molar-refractivity contribution >= 4 is 17.1 Å². The molecule has 0 saturated carbocycles. The van der Waals surface area contributed by atoms with Gasteiger partial charge in [0.15, 0.2) is 5.82 Å². The number of rotatable bonds is 3. The molecule has 19 heavy (non-hydrogen) atoms. The van der Waals surface area contributed by atoms with Gasteiger partial charge < -0.3 is 10.2 Å². The Hall–Kier alpha value is -1.85. The van der Waals surface area contributed by atoms with Crippen molar-refractivity contribution in [1.29, 1.82) is 0 Å². The molecule has 0 spiro atoms. The van der Waals surface area contributed by atoms with Gasteiger partial charge in [0.1, 0.15) is 5.69 Å². The lowest BCUT2D eigenvalue weighted by Gasteiger charge is -2.32. The van der Waals surface area contributed by atoms with Crippen LogP contribution in [0.1, 0.15) is 19.8 Å². The zero-order chi connectivity index (χ0) is 14.0. The summed E-state index contributed by atoms with van der Waals surface area (Å²) in [7, 11) is 1.60. The van der Waals surface area contributed by atoms with Gasteiger partial charge in [-0.1, -0.05) is 6.92 Å². The number of anilines is 2. The molecule has 0 bridgehead atoms. The Kier molecular flexibility index (Phi) is 3.87. The zero-order valence-electron chi connectivity index (χ0n) is 11.1. The van der Waals surface area contributed by atoms with Crippen LogP contribution in [0.3, 0.4) is 0 Å². The second-order valence-electron chi connectivity index (χ2n) is 5.00. The first kappa shape index (κ1) is 13.6. The van der Waals surface area contributed by atoms with Gasteiger partial charge in [-0.2, -0.15) is 0 Å². The number of nitro benzene ring substituents is 1. The molecule has 1 aromatic carbocycles. The maximum Gasteiger partial charge on any atom is 0.295 e. The lowest BCUT2D eigenvalue weighted by Crippen LogP contribution is -2.33. The molecule has 0 atom stereocenters. The van der Waals surface area contributed by atoms with Crippen molar-refractivity contribution in [3.63, 3.8) is 0 Å². The molecule has 0 radical (unpaired) electrons. The van der Waals surface area contributed by atoms with Crippen LogP contribution in [0.15, 0.2) is 12.1 Å². The third kappa shape index (κ3) is 2.77. The predicted molar refractivity (Wildman–Crippen MR) is 73.2 cm³/mol. The fourth-order valence-electron chi connectivity index (χ4n) is 2.39. The van der Waals surface area contributed by atoms with Gasteiger partial charge >= 0.3 is 0 Å². The van der Waals surface area contributed by atoms with E-state index in [0.29, 0.717) is 17.3 Å². The van der Waals surface area contributed by atoms with Crippen LogP contribution in [-0.2, 0) is 0 Å². The molecule has 1 aromatic rings. The van der Waals surface area contributed by atoms with E-state index >= 15 is 0 Å². The van der Waals surface area contributed by atoms with Crippen molar-refractivity contribution in [3.05, 3.63) is 28.1 Å². The number of hydrogen-bond acceptors (Lipinski definition) is 4. The van der Waals surface area contributed by atoms with E-state index < -0.39 is 10.7 Å². The van der Waals surface area contributed by atoms with Gasteiger partial charge in [0, 0.05) is 20.1 Å². The molecule has 0 aliphatic carbocycles. The van der Waals surface area contributed by atoms with Crippen molar-refractivity contribution in [2.45, 2.75) is 19.8 Å². The molecule has 0 unspecified atom stereocenters. The topological polar surface area (TPSA) is 58.4 Å². The molecule has 1 aliphatic heterocycles. The van der Waals surface area contributed by atoms with E-state index in [1.807, 2.05) is 4.90 Å². The Morgan fingerprint density at radius 3 is 2.58 bits per heavy atom. The van der Waals surface area contributed by atoms with E-state index in [-0.39, 0.29) is 5.69 Å². The zero-order valence-corrected chi connectivity index (χ0v) is 11.1. The van der Waals surface area contributed by atoms with E-state index in [2.05, 4.69) is 12.2 Å². The van der Waals surface area contributed by atoms with Gasteiger partial charge in [-0.15, -0.1) is 0 Å². The second-order valence-corrected chi connectivity index (χ2v) is 5.00. The average Bonchev–Trinajstić information content (AvgIpc) is 2.39. The highest BCUT2D eigenvalue weighted by molar-refractivity contribution is 5.69. The van der Waals surface area contributed by atoms with Gasteiger partial charge in [0.05, 0.1) is 16.7 Å². The quantitative estimate of drug-likeness (QED) is 0.675. The Labute approximate surface area is 111 Å². The molecule has 1 fully saturated rings. The molecule has 1 saturated heterocycles.